The highest BCUT2D eigenvalue weighted by molar-refractivity contribution is 5.56. The number of halogens is 2. The monoisotopic (exact) mass is 181 g/mol. The lowest BCUT2D eigenvalue weighted by molar-refractivity contribution is -0.807. The van der Waals surface area contributed by atoms with E-state index in [1.807, 2.05) is 13.8 Å². The van der Waals surface area contributed by atoms with Crippen LogP contribution in [0, 0.1) is 0 Å². The summed E-state index contributed by atoms with van der Waals surface area (Å²) in [7, 11) is 0. The summed E-state index contributed by atoms with van der Waals surface area (Å²) in [5.41, 5.74) is 0. The van der Waals surface area contributed by atoms with Gasteiger partial charge < -0.3 is 12.4 Å². The van der Waals surface area contributed by atoms with Crippen LogP contribution in [0.1, 0.15) is 13.8 Å². The molecule has 0 radical (unpaired) electrons. The van der Waals surface area contributed by atoms with E-state index in [0.29, 0.717) is 0 Å². The third-order valence-electron chi connectivity index (χ3n) is 2.06. The number of rotatable bonds is 2. The summed E-state index contributed by atoms with van der Waals surface area (Å²) in [6, 6.07) is 0. The largest absolute Gasteiger partial charge is 1.00 e. The maximum absolute atomic E-state index is 13.1. The average molecular weight is 182 g/mol. The maximum Gasteiger partial charge on any atom is 0.535 e. The Morgan fingerprint density at radius 3 is 2.45 bits per heavy atom. The lowest BCUT2D eigenvalue weighted by Gasteiger charge is -1.98. The van der Waals surface area contributed by atoms with Gasteiger partial charge in [-0.05, 0) is 13.8 Å². The summed E-state index contributed by atoms with van der Waals surface area (Å²) in [5, 5.41) is 0. The molecule has 0 bridgehead atoms. The van der Waals surface area contributed by atoms with Crippen molar-refractivity contribution in [3.63, 3.8) is 0 Å². The lowest BCUT2D eigenvalue weighted by atomic mass is 10.5. The third kappa shape index (κ3) is 2.14. The molecule has 1 unspecified atom stereocenters. The van der Waals surface area contributed by atoms with Gasteiger partial charge in [0.05, 0.1) is 6.54 Å². The van der Waals surface area contributed by atoms with Crippen LogP contribution in [0.3, 0.4) is 0 Å². The zero-order chi connectivity index (χ0) is 7.56. The molecule has 0 aliphatic carbocycles. The number of nitrogens with zero attached hydrogens (tertiary/aromatic N) is 1. The molecule has 0 aromatic heterocycles. The van der Waals surface area contributed by atoms with Gasteiger partial charge >= 0.3 is 6.09 Å². The van der Waals surface area contributed by atoms with Gasteiger partial charge in [-0.15, -0.1) is 4.58 Å². The van der Waals surface area contributed by atoms with Crippen LogP contribution in [0.2, 0.25) is 0 Å². The number of hydrogen-bond acceptors (Lipinski definition) is 0. The molecule has 0 aromatic rings. The van der Waals surface area contributed by atoms with Crippen molar-refractivity contribution in [1.29, 1.82) is 0 Å². The van der Waals surface area contributed by atoms with Gasteiger partial charge in [0.15, 0.2) is 6.54 Å². The Bertz CT molecular complexity index is 159. The molecule has 1 heterocycles. The predicted octanol–water partition coefficient (Wildman–Crippen LogP) is -3.73. The first-order valence-corrected chi connectivity index (χ1v) is 3.92. The van der Waals surface area contributed by atoms with Crippen LogP contribution in [0.25, 0.3) is 0 Å². The second-order valence-electron chi connectivity index (χ2n) is 2.58. The van der Waals surface area contributed by atoms with Crippen molar-refractivity contribution in [2.24, 2.45) is 0 Å². The van der Waals surface area contributed by atoms with E-state index in [1.165, 1.54) is 0 Å². The van der Waals surface area contributed by atoms with Crippen molar-refractivity contribution >= 4 is 6.09 Å². The molecule has 1 rings (SSSR count). The van der Waals surface area contributed by atoms with Crippen LogP contribution >= 0.6 is 0 Å². The van der Waals surface area contributed by atoms with E-state index in [9.17, 15) is 4.39 Å². The molecule has 1 N–H and O–H groups in total. The molecule has 0 amide bonds. The highest BCUT2D eigenvalue weighted by Gasteiger charge is 2.33. The van der Waals surface area contributed by atoms with Crippen molar-refractivity contribution in [2.75, 3.05) is 26.2 Å². The normalized spacial score (nSPS) is 23.7. The average Bonchev–Trinajstić information content (AvgIpc) is 2.30. The second kappa shape index (κ2) is 4.67. The van der Waals surface area contributed by atoms with Gasteiger partial charge in [0.1, 0.15) is 13.1 Å². The molecule has 0 saturated carbocycles. The molecule has 1 atom stereocenters. The van der Waals surface area contributed by atoms with E-state index in [4.69, 9.17) is 0 Å². The van der Waals surface area contributed by atoms with Gasteiger partial charge in [-0.3, -0.25) is 0 Å². The van der Waals surface area contributed by atoms with Crippen molar-refractivity contribution in [3.05, 3.63) is 0 Å². The zero-order valence-corrected chi connectivity index (χ0v) is 7.79. The van der Waals surface area contributed by atoms with E-state index in [-0.39, 0.29) is 18.5 Å². The van der Waals surface area contributed by atoms with Gasteiger partial charge in [0.2, 0.25) is 0 Å². The van der Waals surface area contributed by atoms with E-state index in [2.05, 4.69) is 0 Å². The zero-order valence-electron chi connectivity index (χ0n) is 7.03. The smallest absolute Gasteiger partial charge is 0.535 e. The first-order chi connectivity index (χ1) is 4.79. The molecule has 1 aliphatic heterocycles. The Morgan fingerprint density at radius 2 is 2.18 bits per heavy atom. The third-order valence-corrected chi connectivity index (χ3v) is 2.06. The molecule has 0 saturated heterocycles. The molecule has 4 heteroatoms. The Balaban J connectivity index is 0.000001000. The first kappa shape index (κ1) is 10.8. The Kier molecular flexibility index (Phi) is 4.61. The van der Waals surface area contributed by atoms with Crippen LogP contribution in [0.4, 0.5) is 4.39 Å². The molecule has 66 valence electrons. The van der Waals surface area contributed by atoms with Crippen LogP contribution in [-0.4, -0.2) is 36.8 Å². The summed E-state index contributed by atoms with van der Waals surface area (Å²) in [6.07, 6.45) is 0.0324. The molecular formula is C7H15ClFN2+. The summed E-state index contributed by atoms with van der Waals surface area (Å²) in [5.74, 6) is 0. The number of nitrogens with one attached hydrogen (secondary N) is 1. The summed E-state index contributed by atoms with van der Waals surface area (Å²) >= 11 is 0. The van der Waals surface area contributed by atoms with Crippen molar-refractivity contribution < 1.29 is 26.3 Å². The molecule has 2 nitrogen and oxygen atoms in total. The number of likely N-dealkylation sites (N-methyl/N-ethyl adjacent to an activating group) is 2. The Morgan fingerprint density at radius 1 is 1.55 bits per heavy atom. The summed E-state index contributed by atoms with van der Waals surface area (Å²) in [6.45, 7) is 7.46. The fourth-order valence-corrected chi connectivity index (χ4v) is 1.31. The molecule has 11 heavy (non-hydrogen) atoms. The van der Waals surface area contributed by atoms with Gasteiger partial charge in [-0.25, -0.2) is 4.90 Å². The SMILES string of the molecule is CC[N+]1=C(F)[NH+](CC)CC1.[Cl-]. The van der Waals surface area contributed by atoms with Crippen molar-refractivity contribution in [2.45, 2.75) is 13.8 Å². The summed E-state index contributed by atoms with van der Waals surface area (Å²) < 4.78 is 14.8. The van der Waals surface area contributed by atoms with Crippen molar-refractivity contribution in [1.82, 2.24) is 0 Å². The Hall–Kier alpha value is -0.150. The van der Waals surface area contributed by atoms with E-state index < -0.39 is 0 Å². The van der Waals surface area contributed by atoms with E-state index in [1.54, 1.807) is 4.58 Å². The fourth-order valence-electron chi connectivity index (χ4n) is 1.31. The molecule has 0 spiro atoms. The van der Waals surface area contributed by atoms with Gasteiger partial charge in [0, 0.05) is 0 Å². The van der Waals surface area contributed by atoms with Crippen LogP contribution in [0.15, 0.2) is 0 Å². The molecule has 0 aromatic carbocycles. The highest BCUT2D eigenvalue weighted by Crippen LogP contribution is 1.82. The number of hydrogen-bond donors (Lipinski definition) is 1. The quantitative estimate of drug-likeness (QED) is 0.331. The van der Waals surface area contributed by atoms with Gasteiger partial charge in [0.25, 0.3) is 0 Å². The lowest BCUT2D eigenvalue weighted by Crippen LogP contribution is -3.12. The molecule has 1 aliphatic rings. The van der Waals surface area contributed by atoms with E-state index in [0.717, 1.165) is 31.1 Å². The van der Waals surface area contributed by atoms with Crippen LogP contribution in [0.5, 0.6) is 0 Å². The van der Waals surface area contributed by atoms with Gasteiger partial charge in [-0.2, -0.15) is 0 Å². The topological polar surface area (TPSA) is 7.45 Å². The molecule has 0 fully saturated rings. The minimum absolute atomic E-state index is 0. The fraction of sp³-hybridized carbons (Fsp3) is 0.857. The number of amidine groups is 1. The van der Waals surface area contributed by atoms with Gasteiger partial charge in [-0.1, -0.05) is 4.39 Å². The minimum atomic E-state index is 0. The standard InChI is InChI=1S/C7H14FN2.ClH/c1-3-9-5-6-10(4-2)7(9)8;/h3-6H2,1-2H3;1H/q+1;. The minimum Gasteiger partial charge on any atom is -1.00 e. The Labute approximate surface area is 73.1 Å². The highest BCUT2D eigenvalue weighted by atomic mass is 35.5. The number of quaternary nitrogens is 1. The second-order valence-corrected chi connectivity index (χ2v) is 2.58. The molecular weight excluding hydrogens is 167 g/mol. The van der Waals surface area contributed by atoms with E-state index >= 15 is 0 Å². The first-order valence-electron chi connectivity index (χ1n) is 3.92. The predicted molar refractivity (Wildman–Crippen MR) is 38.2 cm³/mol. The maximum atomic E-state index is 13.1. The van der Waals surface area contributed by atoms with Crippen LogP contribution < -0.4 is 17.3 Å². The van der Waals surface area contributed by atoms with Crippen molar-refractivity contribution in [3.8, 4) is 0 Å². The summed E-state index contributed by atoms with van der Waals surface area (Å²) in [4.78, 5) is 0.988. The van der Waals surface area contributed by atoms with Crippen LogP contribution in [-0.2, 0) is 0 Å².